The van der Waals surface area contributed by atoms with E-state index in [1.807, 2.05) is 13.8 Å². The number of hydrogen-bond donors (Lipinski definition) is 1. The Morgan fingerprint density at radius 2 is 1.89 bits per heavy atom. The second kappa shape index (κ2) is 5.89. The Morgan fingerprint density at radius 1 is 1.22 bits per heavy atom. The van der Waals surface area contributed by atoms with Crippen LogP contribution in [0.1, 0.15) is 59.3 Å². The standard InChI is InChI=1S/C15H28O3/c1-11-10-17-15(2,3)18-14(11)9-13(16)12-7-5-4-6-8-12/h11-14,16H,4-10H2,1-3H3/t11-,13?,14?/m0/s1. The predicted molar refractivity (Wildman–Crippen MR) is 71.3 cm³/mol. The van der Waals surface area contributed by atoms with Crippen molar-refractivity contribution in [2.45, 2.75) is 77.3 Å². The monoisotopic (exact) mass is 256 g/mol. The van der Waals surface area contributed by atoms with Gasteiger partial charge in [0.05, 0.1) is 18.8 Å². The van der Waals surface area contributed by atoms with Crippen LogP contribution in [0.25, 0.3) is 0 Å². The Balaban J connectivity index is 1.86. The lowest BCUT2D eigenvalue weighted by atomic mass is 9.82. The summed E-state index contributed by atoms with van der Waals surface area (Å²) in [6, 6.07) is 0. The minimum absolute atomic E-state index is 0.130. The van der Waals surface area contributed by atoms with Gasteiger partial charge in [0.1, 0.15) is 0 Å². The number of aliphatic hydroxyl groups is 1. The molecule has 106 valence electrons. The Labute approximate surface area is 111 Å². The number of rotatable bonds is 3. The first-order valence-electron chi connectivity index (χ1n) is 7.48. The van der Waals surface area contributed by atoms with Gasteiger partial charge in [-0.05, 0) is 32.6 Å². The Bertz CT molecular complexity index is 258. The molecule has 0 aromatic rings. The lowest BCUT2D eigenvalue weighted by Gasteiger charge is -2.41. The molecule has 2 fully saturated rings. The molecule has 0 aromatic carbocycles. The summed E-state index contributed by atoms with van der Waals surface area (Å²) in [5.41, 5.74) is 0. The second-order valence-corrected chi connectivity index (χ2v) is 6.55. The number of ether oxygens (including phenoxy) is 2. The van der Waals surface area contributed by atoms with E-state index in [0.29, 0.717) is 11.8 Å². The summed E-state index contributed by atoms with van der Waals surface area (Å²) in [6.45, 7) is 6.79. The molecule has 1 saturated carbocycles. The molecule has 2 unspecified atom stereocenters. The first-order chi connectivity index (χ1) is 8.48. The van der Waals surface area contributed by atoms with Crippen LogP contribution in [0.15, 0.2) is 0 Å². The molecule has 18 heavy (non-hydrogen) atoms. The molecule has 1 aliphatic heterocycles. The van der Waals surface area contributed by atoms with Gasteiger partial charge in [-0.25, -0.2) is 0 Å². The lowest BCUT2D eigenvalue weighted by molar-refractivity contribution is -0.295. The first kappa shape index (κ1) is 14.3. The van der Waals surface area contributed by atoms with E-state index in [1.165, 1.54) is 32.1 Å². The van der Waals surface area contributed by atoms with Crippen LogP contribution >= 0.6 is 0 Å². The van der Waals surface area contributed by atoms with Gasteiger partial charge in [0.2, 0.25) is 0 Å². The number of aliphatic hydroxyl groups excluding tert-OH is 1. The van der Waals surface area contributed by atoms with Crippen molar-refractivity contribution in [1.82, 2.24) is 0 Å². The van der Waals surface area contributed by atoms with Crippen molar-refractivity contribution in [3.8, 4) is 0 Å². The molecule has 0 radical (unpaired) electrons. The molecule has 0 bridgehead atoms. The van der Waals surface area contributed by atoms with Crippen LogP contribution in [-0.4, -0.2) is 29.7 Å². The smallest absolute Gasteiger partial charge is 0.163 e. The highest BCUT2D eigenvalue weighted by Gasteiger charge is 2.36. The molecule has 3 heteroatoms. The molecule has 2 aliphatic rings. The maximum absolute atomic E-state index is 10.4. The predicted octanol–water partition coefficient (Wildman–Crippen LogP) is 3.11. The van der Waals surface area contributed by atoms with Crippen LogP contribution in [0, 0.1) is 11.8 Å². The van der Waals surface area contributed by atoms with Crippen molar-refractivity contribution in [3.05, 3.63) is 0 Å². The van der Waals surface area contributed by atoms with Crippen molar-refractivity contribution < 1.29 is 14.6 Å². The summed E-state index contributed by atoms with van der Waals surface area (Å²) in [5, 5.41) is 10.4. The van der Waals surface area contributed by atoms with E-state index in [1.54, 1.807) is 0 Å². The maximum atomic E-state index is 10.4. The molecule has 1 saturated heterocycles. The zero-order valence-electron chi connectivity index (χ0n) is 12.0. The maximum Gasteiger partial charge on any atom is 0.163 e. The van der Waals surface area contributed by atoms with Gasteiger partial charge < -0.3 is 14.6 Å². The van der Waals surface area contributed by atoms with Crippen LogP contribution in [0.3, 0.4) is 0 Å². The average molecular weight is 256 g/mol. The van der Waals surface area contributed by atoms with Gasteiger partial charge in [-0.2, -0.15) is 0 Å². The fourth-order valence-electron chi connectivity index (χ4n) is 3.18. The van der Waals surface area contributed by atoms with Crippen LogP contribution in [-0.2, 0) is 9.47 Å². The highest BCUT2D eigenvalue weighted by atomic mass is 16.7. The molecule has 3 atom stereocenters. The van der Waals surface area contributed by atoms with E-state index in [2.05, 4.69) is 6.92 Å². The Morgan fingerprint density at radius 3 is 2.56 bits per heavy atom. The van der Waals surface area contributed by atoms with Crippen LogP contribution < -0.4 is 0 Å². The summed E-state index contributed by atoms with van der Waals surface area (Å²) in [6.07, 6.45) is 6.94. The third kappa shape index (κ3) is 3.69. The van der Waals surface area contributed by atoms with Gasteiger partial charge in [0.15, 0.2) is 5.79 Å². The van der Waals surface area contributed by atoms with Crippen molar-refractivity contribution in [1.29, 1.82) is 0 Å². The molecule has 0 spiro atoms. The topological polar surface area (TPSA) is 38.7 Å². The van der Waals surface area contributed by atoms with Crippen molar-refractivity contribution in [2.75, 3.05) is 6.61 Å². The van der Waals surface area contributed by atoms with E-state index in [4.69, 9.17) is 9.47 Å². The highest BCUT2D eigenvalue weighted by molar-refractivity contribution is 4.81. The molecule has 0 amide bonds. The minimum Gasteiger partial charge on any atom is -0.393 e. The number of hydrogen-bond acceptors (Lipinski definition) is 3. The van der Waals surface area contributed by atoms with E-state index < -0.39 is 5.79 Å². The van der Waals surface area contributed by atoms with E-state index in [9.17, 15) is 5.11 Å². The van der Waals surface area contributed by atoms with Crippen molar-refractivity contribution in [2.24, 2.45) is 11.8 Å². The lowest BCUT2D eigenvalue weighted by Crippen LogP contribution is -2.46. The van der Waals surface area contributed by atoms with Crippen molar-refractivity contribution in [3.63, 3.8) is 0 Å². The van der Waals surface area contributed by atoms with Crippen LogP contribution in [0.5, 0.6) is 0 Å². The zero-order chi connectivity index (χ0) is 13.2. The summed E-state index contributed by atoms with van der Waals surface area (Å²) >= 11 is 0. The van der Waals surface area contributed by atoms with Crippen molar-refractivity contribution >= 4 is 0 Å². The summed E-state index contributed by atoms with van der Waals surface area (Å²) < 4.78 is 11.6. The first-order valence-corrected chi connectivity index (χ1v) is 7.48. The Hall–Kier alpha value is -0.120. The molecule has 1 aliphatic carbocycles. The van der Waals surface area contributed by atoms with Crippen LogP contribution in [0.4, 0.5) is 0 Å². The average Bonchev–Trinajstić information content (AvgIpc) is 2.35. The molecular formula is C15H28O3. The molecule has 3 nitrogen and oxygen atoms in total. The second-order valence-electron chi connectivity index (χ2n) is 6.55. The molecule has 2 rings (SSSR count). The molecular weight excluding hydrogens is 228 g/mol. The fraction of sp³-hybridized carbons (Fsp3) is 1.00. The van der Waals surface area contributed by atoms with E-state index >= 15 is 0 Å². The van der Waals surface area contributed by atoms with E-state index in [0.717, 1.165) is 13.0 Å². The molecule has 0 aromatic heterocycles. The summed E-state index contributed by atoms with van der Waals surface area (Å²) in [5.74, 6) is 0.362. The third-order valence-corrected chi connectivity index (χ3v) is 4.43. The van der Waals surface area contributed by atoms with Gasteiger partial charge in [-0.15, -0.1) is 0 Å². The van der Waals surface area contributed by atoms with Gasteiger partial charge in [0, 0.05) is 12.3 Å². The van der Waals surface area contributed by atoms with Gasteiger partial charge in [-0.3, -0.25) is 0 Å². The fourth-order valence-corrected chi connectivity index (χ4v) is 3.18. The molecule has 1 heterocycles. The molecule has 1 N–H and O–H groups in total. The largest absolute Gasteiger partial charge is 0.393 e. The summed E-state index contributed by atoms with van der Waals surface area (Å²) in [4.78, 5) is 0. The van der Waals surface area contributed by atoms with Gasteiger partial charge in [-0.1, -0.05) is 26.2 Å². The Kier molecular flexibility index (Phi) is 4.68. The van der Waals surface area contributed by atoms with Gasteiger partial charge in [0.25, 0.3) is 0 Å². The zero-order valence-corrected chi connectivity index (χ0v) is 12.0. The normalized spacial score (nSPS) is 35.3. The van der Waals surface area contributed by atoms with Crippen LogP contribution in [0.2, 0.25) is 0 Å². The minimum atomic E-state index is -0.497. The highest BCUT2D eigenvalue weighted by Crippen LogP contribution is 2.33. The quantitative estimate of drug-likeness (QED) is 0.843. The third-order valence-electron chi connectivity index (χ3n) is 4.43. The van der Waals surface area contributed by atoms with Gasteiger partial charge >= 0.3 is 0 Å². The summed E-state index contributed by atoms with van der Waals surface area (Å²) in [7, 11) is 0. The van der Waals surface area contributed by atoms with E-state index in [-0.39, 0.29) is 12.2 Å². The SMILES string of the molecule is C[C@H]1COC(C)(C)OC1CC(O)C1CCCCC1.